The molecule has 0 saturated carbocycles. The second kappa shape index (κ2) is 5.46. The first-order valence-electron chi connectivity index (χ1n) is 6.03. The Balaban J connectivity index is 1.74. The SMILES string of the molecule is Cc1ccccc1COCC1CCC(C)O1. The Morgan fingerprint density at radius 2 is 2.12 bits per heavy atom. The minimum Gasteiger partial charge on any atom is -0.374 e. The van der Waals surface area contributed by atoms with Crippen molar-refractivity contribution in [3.8, 4) is 0 Å². The molecule has 0 aliphatic carbocycles. The Morgan fingerprint density at radius 1 is 1.31 bits per heavy atom. The van der Waals surface area contributed by atoms with E-state index in [0.29, 0.717) is 18.8 Å². The van der Waals surface area contributed by atoms with Gasteiger partial charge in [-0.1, -0.05) is 24.3 Å². The summed E-state index contributed by atoms with van der Waals surface area (Å²) in [6, 6.07) is 8.35. The number of benzene rings is 1. The molecule has 0 aromatic heterocycles. The van der Waals surface area contributed by atoms with Gasteiger partial charge in [-0.2, -0.15) is 0 Å². The Kier molecular flexibility index (Phi) is 3.97. The lowest BCUT2D eigenvalue weighted by atomic mass is 10.1. The first kappa shape index (κ1) is 11.6. The van der Waals surface area contributed by atoms with Crippen LogP contribution in [0.4, 0.5) is 0 Å². The van der Waals surface area contributed by atoms with Gasteiger partial charge in [0, 0.05) is 0 Å². The van der Waals surface area contributed by atoms with Gasteiger partial charge < -0.3 is 9.47 Å². The second-order valence-corrected chi connectivity index (χ2v) is 4.59. The molecule has 2 atom stereocenters. The van der Waals surface area contributed by atoms with E-state index in [2.05, 4.69) is 38.1 Å². The Labute approximate surface area is 97.6 Å². The van der Waals surface area contributed by atoms with Crippen LogP contribution in [0, 0.1) is 6.92 Å². The van der Waals surface area contributed by atoms with Crippen molar-refractivity contribution in [2.75, 3.05) is 6.61 Å². The van der Waals surface area contributed by atoms with Crippen LogP contribution in [0.3, 0.4) is 0 Å². The third kappa shape index (κ3) is 3.06. The molecule has 1 saturated heterocycles. The average molecular weight is 220 g/mol. The van der Waals surface area contributed by atoms with Crippen molar-refractivity contribution in [3.63, 3.8) is 0 Å². The van der Waals surface area contributed by atoms with Gasteiger partial charge in [0.25, 0.3) is 0 Å². The molecular formula is C14H20O2. The summed E-state index contributed by atoms with van der Waals surface area (Å²) in [5.74, 6) is 0. The van der Waals surface area contributed by atoms with Crippen molar-refractivity contribution >= 4 is 0 Å². The van der Waals surface area contributed by atoms with Crippen LogP contribution in [0.25, 0.3) is 0 Å². The molecular weight excluding hydrogens is 200 g/mol. The fourth-order valence-corrected chi connectivity index (χ4v) is 2.08. The van der Waals surface area contributed by atoms with Crippen molar-refractivity contribution in [2.45, 2.75) is 45.5 Å². The smallest absolute Gasteiger partial charge is 0.0813 e. The lowest BCUT2D eigenvalue weighted by molar-refractivity contribution is -0.0143. The molecule has 0 radical (unpaired) electrons. The highest BCUT2D eigenvalue weighted by Gasteiger charge is 2.21. The first-order valence-corrected chi connectivity index (χ1v) is 6.03. The highest BCUT2D eigenvalue weighted by atomic mass is 16.5. The third-order valence-electron chi connectivity index (χ3n) is 3.14. The molecule has 0 N–H and O–H groups in total. The van der Waals surface area contributed by atoms with Gasteiger partial charge >= 0.3 is 0 Å². The topological polar surface area (TPSA) is 18.5 Å². The zero-order valence-corrected chi connectivity index (χ0v) is 10.1. The van der Waals surface area contributed by atoms with E-state index < -0.39 is 0 Å². The van der Waals surface area contributed by atoms with Gasteiger partial charge in [0.1, 0.15) is 0 Å². The minimum atomic E-state index is 0.305. The van der Waals surface area contributed by atoms with E-state index in [1.807, 2.05) is 0 Å². The van der Waals surface area contributed by atoms with Crippen LogP contribution >= 0.6 is 0 Å². The van der Waals surface area contributed by atoms with Crippen molar-refractivity contribution in [3.05, 3.63) is 35.4 Å². The molecule has 1 heterocycles. The largest absolute Gasteiger partial charge is 0.374 e. The molecule has 2 unspecified atom stereocenters. The average Bonchev–Trinajstić information content (AvgIpc) is 2.67. The summed E-state index contributed by atoms with van der Waals surface area (Å²) in [6.45, 7) is 5.66. The normalized spacial score (nSPS) is 24.9. The Morgan fingerprint density at radius 3 is 2.81 bits per heavy atom. The molecule has 0 spiro atoms. The maximum absolute atomic E-state index is 5.71. The van der Waals surface area contributed by atoms with Crippen molar-refractivity contribution in [1.29, 1.82) is 0 Å². The highest BCUT2D eigenvalue weighted by molar-refractivity contribution is 5.24. The summed E-state index contributed by atoms with van der Waals surface area (Å²) < 4.78 is 11.4. The van der Waals surface area contributed by atoms with Gasteiger partial charge in [-0.3, -0.25) is 0 Å². The summed E-state index contributed by atoms with van der Waals surface area (Å²) in [5, 5.41) is 0. The van der Waals surface area contributed by atoms with Gasteiger partial charge in [-0.05, 0) is 37.8 Å². The Bertz CT molecular complexity index is 335. The van der Waals surface area contributed by atoms with Crippen LogP contribution < -0.4 is 0 Å². The standard InChI is InChI=1S/C14H20O2/c1-11-5-3-4-6-13(11)9-15-10-14-8-7-12(2)16-14/h3-6,12,14H,7-10H2,1-2H3. The monoisotopic (exact) mass is 220 g/mol. The molecule has 0 amide bonds. The molecule has 2 heteroatoms. The quantitative estimate of drug-likeness (QED) is 0.776. The first-order chi connectivity index (χ1) is 7.75. The second-order valence-electron chi connectivity index (χ2n) is 4.59. The van der Waals surface area contributed by atoms with Gasteiger partial charge in [0.15, 0.2) is 0 Å². The van der Waals surface area contributed by atoms with Crippen LogP contribution in [0.2, 0.25) is 0 Å². The summed E-state index contributed by atoms with van der Waals surface area (Å²) in [6.07, 6.45) is 3.01. The zero-order valence-electron chi connectivity index (χ0n) is 10.1. The molecule has 88 valence electrons. The maximum atomic E-state index is 5.71. The fourth-order valence-electron chi connectivity index (χ4n) is 2.08. The van der Waals surface area contributed by atoms with E-state index in [0.717, 1.165) is 13.0 Å². The number of rotatable bonds is 4. The van der Waals surface area contributed by atoms with Gasteiger partial charge in [-0.15, -0.1) is 0 Å². The van der Waals surface area contributed by atoms with E-state index in [1.54, 1.807) is 0 Å². The molecule has 1 aromatic carbocycles. The fraction of sp³-hybridized carbons (Fsp3) is 0.571. The van der Waals surface area contributed by atoms with E-state index in [4.69, 9.17) is 9.47 Å². The predicted octanol–water partition coefficient (Wildman–Crippen LogP) is 3.08. The lowest BCUT2D eigenvalue weighted by Gasteiger charge is -2.12. The summed E-state index contributed by atoms with van der Waals surface area (Å²) in [4.78, 5) is 0. The number of hydrogen-bond donors (Lipinski definition) is 0. The molecule has 1 aliphatic heterocycles. The summed E-state index contributed by atoms with van der Waals surface area (Å²) in [5.41, 5.74) is 2.57. The van der Waals surface area contributed by atoms with Crippen LogP contribution in [-0.2, 0) is 16.1 Å². The number of aryl methyl sites for hydroxylation is 1. The van der Waals surface area contributed by atoms with Crippen molar-refractivity contribution in [2.24, 2.45) is 0 Å². The van der Waals surface area contributed by atoms with Crippen LogP contribution in [0.5, 0.6) is 0 Å². The van der Waals surface area contributed by atoms with Crippen molar-refractivity contribution in [1.82, 2.24) is 0 Å². The Hall–Kier alpha value is -0.860. The predicted molar refractivity (Wildman–Crippen MR) is 64.4 cm³/mol. The zero-order chi connectivity index (χ0) is 11.4. The van der Waals surface area contributed by atoms with Crippen LogP contribution in [-0.4, -0.2) is 18.8 Å². The van der Waals surface area contributed by atoms with Gasteiger partial charge in [0.05, 0.1) is 25.4 Å². The number of ether oxygens (including phenoxy) is 2. The minimum absolute atomic E-state index is 0.305. The van der Waals surface area contributed by atoms with Crippen LogP contribution in [0.1, 0.15) is 30.9 Å². The summed E-state index contributed by atoms with van der Waals surface area (Å²) in [7, 11) is 0. The van der Waals surface area contributed by atoms with E-state index >= 15 is 0 Å². The molecule has 2 nitrogen and oxygen atoms in total. The van der Waals surface area contributed by atoms with E-state index in [9.17, 15) is 0 Å². The van der Waals surface area contributed by atoms with Crippen LogP contribution in [0.15, 0.2) is 24.3 Å². The van der Waals surface area contributed by atoms with Gasteiger partial charge in [0.2, 0.25) is 0 Å². The molecule has 0 bridgehead atoms. The van der Waals surface area contributed by atoms with Crippen molar-refractivity contribution < 1.29 is 9.47 Å². The van der Waals surface area contributed by atoms with E-state index in [1.165, 1.54) is 17.5 Å². The van der Waals surface area contributed by atoms with E-state index in [-0.39, 0.29) is 0 Å². The lowest BCUT2D eigenvalue weighted by Crippen LogP contribution is -2.15. The molecule has 16 heavy (non-hydrogen) atoms. The molecule has 1 fully saturated rings. The van der Waals surface area contributed by atoms with Gasteiger partial charge in [-0.25, -0.2) is 0 Å². The molecule has 1 aliphatic rings. The highest BCUT2D eigenvalue weighted by Crippen LogP contribution is 2.19. The summed E-state index contributed by atoms with van der Waals surface area (Å²) >= 11 is 0. The number of hydrogen-bond acceptors (Lipinski definition) is 2. The maximum Gasteiger partial charge on any atom is 0.0813 e. The third-order valence-corrected chi connectivity index (χ3v) is 3.14. The molecule has 2 rings (SSSR count). The molecule has 1 aromatic rings.